The number of anilines is 5. The number of hydrogen-bond acceptors (Lipinski definition) is 8. The van der Waals surface area contributed by atoms with E-state index in [0.717, 1.165) is 28.9 Å². The summed E-state index contributed by atoms with van der Waals surface area (Å²) >= 11 is 6.32. The van der Waals surface area contributed by atoms with Gasteiger partial charge in [-0.05, 0) is 60.7 Å². The molecule has 0 spiro atoms. The molecule has 0 atom stereocenters. The molecule has 0 saturated carbocycles. The van der Waals surface area contributed by atoms with E-state index < -0.39 is 28.2 Å². The van der Waals surface area contributed by atoms with E-state index in [0.29, 0.717) is 35.3 Å². The second-order valence-corrected chi connectivity index (χ2v) is 11.4. The third kappa shape index (κ3) is 10.9. The fraction of sp³-hybridized carbons (Fsp3) is 0.308. The number of carbonyl (C=O) groups is 2. The summed E-state index contributed by atoms with van der Waals surface area (Å²) in [6.07, 6.45) is -1.61. The van der Waals surface area contributed by atoms with E-state index in [4.69, 9.17) is 21.5 Å². The molecule has 43 heavy (non-hydrogen) atoms. The van der Waals surface area contributed by atoms with Gasteiger partial charge in [0.1, 0.15) is 5.02 Å². The van der Waals surface area contributed by atoms with Crippen molar-refractivity contribution >= 4 is 62.5 Å². The highest BCUT2D eigenvalue weighted by Crippen LogP contribution is 2.29. The lowest BCUT2D eigenvalue weighted by Crippen LogP contribution is -2.37. The van der Waals surface area contributed by atoms with Crippen molar-refractivity contribution in [3.63, 3.8) is 0 Å². The van der Waals surface area contributed by atoms with Crippen LogP contribution in [-0.2, 0) is 27.7 Å². The fourth-order valence-corrected chi connectivity index (χ4v) is 4.99. The highest BCUT2D eigenvalue weighted by Gasteiger charge is 2.38. The second-order valence-electron chi connectivity index (χ2n) is 9.11. The molecule has 1 aliphatic heterocycles. The van der Waals surface area contributed by atoms with Crippen LogP contribution in [0, 0.1) is 0 Å². The number of halogens is 4. The smallest absolute Gasteiger partial charge is 0.475 e. The number of carboxylic acids is 1. The van der Waals surface area contributed by atoms with E-state index in [2.05, 4.69) is 36.0 Å². The minimum absolute atomic E-state index is 0.0590. The Labute approximate surface area is 250 Å². The first-order valence-electron chi connectivity index (χ1n) is 12.9. The normalized spacial score (nSPS) is 12.5. The Hall–Kier alpha value is -4.15. The molecule has 2 amide bonds. The van der Waals surface area contributed by atoms with Gasteiger partial charge in [-0.25, -0.2) is 27.7 Å². The van der Waals surface area contributed by atoms with Crippen LogP contribution in [-0.4, -0.2) is 60.5 Å². The first-order chi connectivity index (χ1) is 20.3. The van der Waals surface area contributed by atoms with Gasteiger partial charge >= 0.3 is 18.2 Å². The summed E-state index contributed by atoms with van der Waals surface area (Å²) in [5.41, 5.74) is 4.31. The number of hydrogen-bond donors (Lipinski definition) is 6. The topological polar surface area (TPSA) is 174 Å². The SMILES string of the molecule is CCCS(=O)(=O)NCCNC(=O)Nc1ccc2cc1CCc1cccc(c1)Nc1ncc(Cl)c(n1)N2.O=C(O)C(F)(F)F. The lowest BCUT2D eigenvalue weighted by atomic mass is 10.0. The van der Waals surface area contributed by atoms with Crippen molar-refractivity contribution in [3.8, 4) is 0 Å². The van der Waals surface area contributed by atoms with Gasteiger partial charge in [-0.1, -0.05) is 30.7 Å². The van der Waals surface area contributed by atoms with Gasteiger partial charge in [-0.3, -0.25) is 0 Å². The molecule has 6 bridgehead atoms. The summed E-state index contributed by atoms with van der Waals surface area (Å²) in [6.45, 7) is 2.08. The summed E-state index contributed by atoms with van der Waals surface area (Å²) < 4.78 is 57.7. The maximum Gasteiger partial charge on any atom is 0.490 e. The number of nitrogens with one attached hydrogen (secondary N) is 5. The van der Waals surface area contributed by atoms with Crippen LogP contribution in [0.1, 0.15) is 24.5 Å². The Balaban J connectivity index is 0.000000646. The molecular formula is C26H29ClF3N7O5S. The number of aliphatic carboxylic acids is 1. The van der Waals surface area contributed by atoms with E-state index in [-0.39, 0.29) is 18.8 Å². The first kappa shape index (κ1) is 33.4. The number of aromatic nitrogens is 2. The van der Waals surface area contributed by atoms with Gasteiger partial charge in [0.25, 0.3) is 0 Å². The number of nitrogens with zero attached hydrogens (tertiary/aromatic N) is 2. The molecule has 1 aromatic heterocycles. The molecule has 17 heteroatoms. The number of benzene rings is 2. The van der Waals surface area contributed by atoms with Crippen LogP contribution in [0.3, 0.4) is 0 Å². The van der Waals surface area contributed by atoms with Crippen LogP contribution in [0.4, 0.5) is 46.8 Å². The molecule has 0 unspecified atom stereocenters. The van der Waals surface area contributed by atoms with Crippen molar-refractivity contribution in [2.24, 2.45) is 0 Å². The summed E-state index contributed by atoms with van der Waals surface area (Å²) in [4.78, 5) is 30.1. The standard InChI is InChI=1S/C24H28ClN7O3S.C2HF3O2/c1-2-12-36(34,35)28-11-10-26-24(33)31-21-9-8-19-14-17(21)7-6-16-4-3-5-18(13-16)30-23-27-15-20(25)22(29-19)32-23;3-2(4,5)1(6)7/h3-5,8-9,13-15,28H,2,6-7,10-12H2,1H3,(H2,26,31,33)(H2,27,29,30,32);(H,6,7). The summed E-state index contributed by atoms with van der Waals surface area (Å²) in [5.74, 6) is -1.82. The monoisotopic (exact) mass is 643 g/mol. The molecule has 2 heterocycles. The summed E-state index contributed by atoms with van der Waals surface area (Å²) in [5, 5.41) is 19.5. The highest BCUT2D eigenvalue weighted by molar-refractivity contribution is 7.89. The largest absolute Gasteiger partial charge is 0.490 e. The van der Waals surface area contributed by atoms with Crippen LogP contribution in [0.25, 0.3) is 0 Å². The van der Waals surface area contributed by atoms with Crippen LogP contribution in [0.15, 0.2) is 48.7 Å². The van der Waals surface area contributed by atoms with E-state index in [1.807, 2.05) is 42.5 Å². The number of carbonyl (C=O) groups excluding carboxylic acids is 1. The second kappa shape index (κ2) is 14.8. The maximum absolute atomic E-state index is 12.5. The Morgan fingerprint density at radius 2 is 1.79 bits per heavy atom. The van der Waals surface area contributed by atoms with Gasteiger partial charge in [0.2, 0.25) is 16.0 Å². The van der Waals surface area contributed by atoms with Crippen LogP contribution < -0.4 is 26.0 Å². The molecule has 0 aliphatic carbocycles. The van der Waals surface area contributed by atoms with Gasteiger partial charge in [-0.15, -0.1) is 0 Å². The van der Waals surface area contributed by atoms with E-state index in [1.54, 1.807) is 6.92 Å². The zero-order chi connectivity index (χ0) is 31.6. The molecule has 0 radical (unpaired) electrons. The Morgan fingerprint density at radius 1 is 1.07 bits per heavy atom. The maximum atomic E-state index is 12.5. The molecule has 0 fully saturated rings. The molecule has 1 aliphatic rings. The lowest BCUT2D eigenvalue weighted by Gasteiger charge is -2.15. The molecule has 232 valence electrons. The molecule has 3 aromatic rings. The van der Waals surface area contributed by atoms with Crippen LogP contribution >= 0.6 is 11.6 Å². The molecule has 2 aromatic carbocycles. The Kier molecular flexibility index (Phi) is 11.5. The minimum Gasteiger partial charge on any atom is -0.475 e. The van der Waals surface area contributed by atoms with Crippen molar-refractivity contribution in [1.29, 1.82) is 0 Å². The van der Waals surface area contributed by atoms with Gasteiger partial charge in [0, 0.05) is 30.2 Å². The van der Waals surface area contributed by atoms with Gasteiger partial charge in [0.05, 0.1) is 11.9 Å². The number of urea groups is 1. The number of fused-ring (bicyclic) bond motifs is 6. The van der Waals surface area contributed by atoms with Crippen molar-refractivity contribution in [1.82, 2.24) is 20.0 Å². The predicted octanol–water partition coefficient (Wildman–Crippen LogP) is 4.80. The van der Waals surface area contributed by atoms with Gasteiger partial charge < -0.3 is 26.4 Å². The number of alkyl halides is 3. The van der Waals surface area contributed by atoms with E-state index in [9.17, 15) is 26.4 Å². The van der Waals surface area contributed by atoms with Gasteiger partial charge in [-0.2, -0.15) is 18.2 Å². The van der Waals surface area contributed by atoms with E-state index >= 15 is 0 Å². The average molecular weight is 644 g/mol. The Bertz CT molecular complexity index is 1560. The Morgan fingerprint density at radius 3 is 2.49 bits per heavy atom. The number of sulfonamides is 1. The average Bonchev–Trinajstić information content (AvgIpc) is 2.93. The zero-order valence-electron chi connectivity index (χ0n) is 22.8. The molecule has 4 rings (SSSR count). The third-order valence-electron chi connectivity index (χ3n) is 5.67. The van der Waals surface area contributed by atoms with Crippen LogP contribution in [0.5, 0.6) is 0 Å². The number of rotatable bonds is 7. The number of amides is 2. The summed E-state index contributed by atoms with van der Waals surface area (Å²) in [7, 11) is -3.31. The molecule has 12 nitrogen and oxygen atoms in total. The minimum atomic E-state index is -5.08. The highest BCUT2D eigenvalue weighted by atomic mass is 35.5. The first-order valence-corrected chi connectivity index (χ1v) is 14.9. The molecular weight excluding hydrogens is 615 g/mol. The van der Waals surface area contributed by atoms with Crippen molar-refractivity contribution in [2.45, 2.75) is 32.4 Å². The predicted molar refractivity (Wildman–Crippen MR) is 157 cm³/mol. The van der Waals surface area contributed by atoms with Crippen LogP contribution in [0.2, 0.25) is 5.02 Å². The zero-order valence-corrected chi connectivity index (χ0v) is 24.3. The molecule has 0 saturated heterocycles. The van der Waals surface area contributed by atoms with Crippen molar-refractivity contribution < 1.29 is 36.3 Å². The molecule has 6 N–H and O–H groups in total. The van der Waals surface area contributed by atoms with E-state index in [1.165, 1.54) is 6.20 Å². The van der Waals surface area contributed by atoms with Gasteiger partial charge in [0.15, 0.2) is 5.82 Å². The van der Waals surface area contributed by atoms with Crippen molar-refractivity contribution in [3.05, 3.63) is 64.8 Å². The quantitative estimate of drug-likeness (QED) is 0.198. The fourth-order valence-electron chi connectivity index (χ4n) is 3.75. The third-order valence-corrected chi connectivity index (χ3v) is 7.54. The van der Waals surface area contributed by atoms with Crippen molar-refractivity contribution in [2.75, 3.05) is 34.8 Å². The number of carboxylic acid groups (broad SMARTS) is 1. The summed E-state index contributed by atoms with van der Waals surface area (Å²) in [6, 6.07) is 13.1. The number of aryl methyl sites for hydroxylation is 2. The lowest BCUT2D eigenvalue weighted by molar-refractivity contribution is -0.192.